The Balaban J connectivity index is 1.87. The summed E-state index contributed by atoms with van der Waals surface area (Å²) >= 11 is 1.38. The molecule has 0 saturated heterocycles. The molecule has 6 nitrogen and oxygen atoms in total. The van der Waals surface area contributed by atoms with Crippen LogP contribution in [0.1, 0.15) is 26.4 Å². The first-order valence-electron chi connectivity index (χ1n) is 8.24. The molecular formula is C19H19N3O3S2. The summed E-state index contributed by atoms with van der Waals surface area (Å²) in [6.45, 7) is 4.08. The maximum Gasteiger partial charge on any atom is 0.251 e. The molecule has 140 valence electrons. The van der Waals surface area contributed by atoms with Crippen LogP contribution in [0, 0.1) is 13.8 Å². The van der Waals surface area contributed by atoms with Gasteiger partial charge in [-0.1, -0.05) is 12.1 Å². The fourth-order valence-electron chi connectivity index (χ4n) is 2.59. The highest BCUT2D eigenvalue weighted by atomic mass is 32.2. The summed E-state index contributed by atoms with van der Waals surface area (Å²) in [6.07, 6.45) is 3.35. The number of rotatable bonds is 6. The number of aryl methyl sites for hydroxylation is 2. The number of aromatic nitrogens is 1. The van der Waals surface area contributed by atoms with Gasteiger partial charge in [-0.05, 0) is 55.3 Å². The highest BCUT2D eigenvalue weighted by Gasteiger charge is 2.18. The number of carbonyl (C=O) groups excluding carboxylic acids is 1. The topological polar surface area (TPSA) is 79.4 Å². The van der Waals surface area contributed by atoms with E-state index in [1.807, 2.05) is 26.0 Å². The number of thiol groups is 1. The number of nitrogens with zero attached hydrogens (tertiary/aromatic N) is 2. The van der Waals surface area contributed by atoms with Crippen LogP contribution < -0.4 is 9.62 Å². The number of hydrogen-bond donors (Lipinski definition) is 2. The Morgan fingerprint density at radius 3 is 2.63 bits per heavy atom. The molecule has 27 heavy (non-hydrogen) atoms. The van der Waals surface area contributed by atoms with Crippen molar-refractivity contribution < 1.29 is 13.2 Å². The molecule has 3 rings (SSSR count). The number of pyridine rings is 1. The Labute approximate surface area is 163 Å². The number of benzene rings is 1. The first kappa shape index (κ1) is 19.1. The largest absolute Gasteiger partial charge is 0.348 e. The van der Waals surface area contributed by atoms with Crippen molar-refractivity contribution in [2.75, 3.05) is 4.31 Å². The summed E-state index contributed by atoms with van der Waals surface area (Å²) in [4.78, 5) is 17.5. The summed E-state index contributed by atoms with van der Waals surface area (Å²) < 4.78 is 25.1. The molecule has 0 fully saturated rings. The molecule has 0 saturated carbocycles. The monoisotopic (exact) mass is 401 g/mol. The van der Waals surface area contributed by atoms with E-state index in [1.54, 1.807) is 42.7 Å². The average Bonchev–Trinajstić information content (AvgIpc) is 3.08. The molecular weight excluding hydrogens is 382 g/mol. The Morgan fingerprint density at radius 1 is 1.19 bits per heavy atom. The first-order chi connectivity index (χ1) is 13.0. The van der Waals surface area contributed by atoms with Crippen molar-refractivity contribution in [1.82, 2.24) is 10.3 Å². The van der Waals surface area contributed by atoms with Crippen molar-refractivity contribution in [1.29, 1.82) is 0 Å². The fraction of sp³-hybridized carbons (Fsp3) is 0.158. The molecule has 0 spiro atoms. The quantitative estimate of drug-likeness (QED) is 0.621. The lowest BCUT2D eigenvalue weighted by Crippen LogP contribution is -2.23. The second-order valence-corrected chi connectivity index (χ2v) is 8.12. The minimum Gasteiger partial charge on any atom is -0.348 e. The van der Waals surface area contributed by atoms with Crippen LogP contribution in [0.4, 0.5) is 10.7 Å². The van der Waals surface area contributed by atoms with Gasteiger partial charge in [0.25, 0.3) is 5.91 Å². The third-order valence-corrected chi connectivity index (χ3v) is 5.85. The molecule has 0 bridgehead atoms. The molecule has 1 aromatic carbocycles. The van der Waals surface area contributed by atoms with Crippen LogP contribution in [0.15, 0.2) is 54.9 Å². The number of anilines is 2. The van der Waals surface area contributed by atoms with E-state index >= 15 is 0 Å². The van der Waals surface area contributed by atoms with E-state index in [4.69, 9.17) is 0 Å². The Kier molecular flexibility index (Phi) is 5.88. The van der Waals surface area contributed by atoms with E-state index < -0.39 is 10.9 Å². The van der Waals surface area contributed by atoms with Gasteiger partial charge in [-0.15, -0.1) is 11.3 Å². The van der Waals surface area contributed by atoms with Crippen molar-refractivity contribution in [3.05, 3.63) is 76.4 Å². The molecule has 0 aliphatic rings. The van der Waals surface area contributed by atoms with Gasteiger partial charge in [-0.25, -0.2) is 12.7 Å². The Morgan fingerprint density at radius 2 is 2.00 bits per heavy atom. The molecule has 3 aromatic rings. The summed E-state index contributed by atoms with van der Waals surface area (Å²) in [7, 11) is -2.89. The number of hydrogen-bond acceptors (Lipinski definition) is 5. The Bertz CT molecular complexity index is 1020. The lowest BCUT2D eigenvalue weighted by atomic mass is 10.1. The maximum atomic E-state index is 12.5. The van der Waals surface area contributed by atoms with Gasteiger partial charge in [-0.2, -0.15) is 0 Å². The Hall–Kier alpha value is -2.71. The van der Waals surface area contributed by atoms with Gasteiger partial charge >= 0.3 is 0 Å². The van der Waals surface area contributed by atoms with Crippen LogP contribution in [-0.4, -0.2) is 19.3 Å². The number of thiophene rings is 1. The molecule has 0 unspecified atom stereocenters. The van der Waals surface area contributed by atoms with E-state index in [-0.39, 0.29) is 5.91 Å². The smallest absolute Gasteiger partial charge is 0.251 e. The lowest BCUT2D eigenvalue weighted by molar-refractivity contribution is 0.0951. The minimum absolute atomic E-state index is 0.275. The molecule has 2 aromatic heterocycles. The molecule has 0 radical (unpaired) electrons. The van der Waals surface area contributed by atoms with Crippen molar-refractivity contribution in [2.45, 2.75) is 20.4 Å². The zero-order valence-corrected chi connectivity index (χ0v) is 16.6. The van der Waals surface area contributed by atoms with Crippen LogP contribution in [0.2, 0.25) is 0 Å². The SMILES string of the molecule is Cc1ccc(N(c2cc(C(=O)NCc3cccnc3)ccc2C)[SH](=O)=O)s1. The number of carbonyl (C=O) groups is 1. The average molecular weight is 402 g/mol. The van der Waals surface area contributed by atoms with Gasteiger partial charge in [0.05, 0.1) is 5.69 Å². The van der Waals surface area contributed by atoms with Gasteiger partial charge in [0, 0.05) is 29.4 Å². The molecule has 1 amide bonds. The van der Waals surface area contributed by atoms with E-state index in [2.05, 4.69) is 10.3 Å². The van der Waals surface area contributed by atoms with E-state index in [0.29, 0.717) is 22.8 Å². The van der Waals surface area contributed by atoms with Gasteiger partial charge in [-0.3, -0.25) is 9.78 Å². The summed E-state index contributed by atoms with van der Waals surface area (Å²) in [5.41, 5.74) is 2.53. The first-order valence-corrected chi connectivity index (χ1v) is 10.2. The fourth-order valence-corrected chi connectivity index (χ4v) is 4.32. The highest BCUT2D eigenvalue weighted by molar-refractivity contribution is 7.74. The van der Waals surface area contributed by atoms with Gasteiger partial charge < -0.3 is 5.32 Å². The van der Waals surface area contributed by atoms with Crippen molar-refractivity contribution in [3.63, 3.8) is 0 Å². The maximum absolute atomic E-state index is 12.5. The van der Waals surface area contributed by atoms with Crippen molar-refractivity contribution in [2.24, 2.45) is 0 Å². The van der Waals surface area contributed by atoms with Crippen molar-refractivity contribution >= 4 is 38.8 Å². The standard InChI is InChI=1S/C19H19N3O3S2/c1-13-5-7-16(19(23)21-12-15-4-3-9-20-11-15)10-17(13)22(27(24)25)18-8-6-14(2)26-18/h3-11,27H,12H2,1-2H3,(H,21,23). The van der Waals surface area contributed by atoms with Gasteiger partial charge in [0.15, 0.2) is 0 Å². The molecule has 1 N–H and O–H groups in total. The van der Waals surface area contributed by atoms with Gasteiger partial charge in [0.1, 0.15) is 5.00 Å². The number of nitrogens with one attached hydrogen (secondary N) is 1. The second-order valence-electron chi connectivity index (χ2n) is 5.98. The zero-order chi connectivity index (χ0) is 19.4. The summed E-state index contributed by atoms with van der Waals surface area (Å²) in [5.74, 6) is -0.275. The zero-order valence-electron chi connectivity index (χ0n) is 14.9. The van der Waals surface area contributed by atoms with Crippen LogP contribution in [-0.2, 0) is 17.4 Å². The molecule has 8 heteroatoms. The molecule has 0 atom stereocenters. The van der Waals surface area contributed by atoms with E-state index in [9.17, 15) is 13.2 Å². The molecule has 0 aliphatic carbocycles. The highest BCUT2D eigenvalue weighted by Crippen LogP contribution is 2.34. The predicted molar refractivity (Wildman–Crippen MR) is 108 cm³/mol. The van der Waals surface area contributed by atoms with Gasteiger partial charge in [0.2, 0.25) is 10.9 Å². The summed E-state index contributed by atoms with van der Waals surface area (Å²) in [5, 5.41) is 3.43. The van der Waals surface area contributed by atoms with Crippen LogP contribution >= 0.6 is 11.3 Å². The normalized spacial score (nSPS) is 10.8. The van der Waals surface area contributed by atoms with Crippen LogP contribution in [0.3, 0.4) is 0 Å². The summed E-state index contributed by atoms with van der Waals surface area (Å²) in [6, 6.07) is 12.3. The second kappa shape index (κ2) is 8.32. The number of amides is 1. The predicted octanol–water partition coefficient (Wildman–Crippen LogP) is 3.35. The third kappa shape index (κ3) is 4.53. The van der Waals surface area contributed by atoms with Crippen LogP contribution in [0.5, 0.6) is 0 Å². The lowest BCUT2D eigenvalue weighted by Gasteiger charge is -2.19. The van der Waals surface area contributed by atoms with E-state index in [1.165, 1.54) is 15.6 Å². The third-order valence-electron chi connectivity index (χ3n) is 3.97. The molecule has 2 heterocycles. The minimum atomic E-state index is -2.89. The van der Waals surface area contributed by atoms with E-state index in [0.717, 1.165) is 16.0 Å². The van der Waals surface area contributed by atoms with Crippen LogP contribution in [0.25, 0.3) is 0 Å². The molecule has 0 aliphatic heterocycles. The van der Waals surface area contributed by atoms with Crippen molar-refractivity contribution in [3.8, 4) is 0 Å².